The summed E-state index contributed by atoms with van der Waals surface area (Å²) in [7, 11) is -2.31. The number of carbonyl (C=O) groups is 1. The van der Waals surface area contributed by atoms with Gasteiger partial charge in [0, 0.05) is 6.08 Å². The number of hydrogen-bond acceptors (Lipinski definition) is 2. The molecule has 0 amide bonds. The van der Waals surface area contributed by atoms with Crippen LogP contribution in [0.5, 0.6) is 0 Å². The van der Waals surface area contributed by atoms with Gasteiger partial charge in [0.15, 0.2) is 0 Å². The molecule has 0 saturated carbocycles. The van der Waals surface area contributed by atoms with Gasteiger partial charge in [0.05, 0.1) is 6.61 Å². The van der Waals surface area contributed by atoms with E-state index in [-0.39, 0.29) is 5.97 Å². The third kappa shape index (κ3) is 13.4. The molecule has 0 aliphatic carbocycles. The number of rotatable bonds is 11. The molecule has 0 aliphatic rings. The summed E-state index contributed by atoms with van der Waals surface area (Å²) in [6.45, 7) is 7.38. The molecule has 0 heterocycles. The van der Waals surface area contributed by atoms with Crippen molar-refractivity contribution in [1.29, 1.82) is 0 Å². The Hall–Kier alpha value is -0.643. The molecule has 0 spiro atoms. The largest absolute Gasteiger partial charge is 0.463 e. The van der Waals surface area contributed by atoms with Crippen LogP contribution in [0.2, 0.25) is 19.1 Å². The molecule has 0 radical (unpaired) electrons. The molecule has 2 nitrogen and oxygen atoms in total. The Kier molecular flexibility index (Phi) is 9.93. The number of hydrogen-bond donors (Lipinski definition) is 0. The van der Waals surface area contributed by atoms with Gasteiger partial charge in [0.2, 0.25) is 8.41 Å². The number of unbranched alkanes of at least 4 members (excludes halogenated alkanes) is 6. The standard InChI is InChI=1S/C14H27FO2Si/c1-4-14(16)17-12-10-8-6-5-7-9-11-13-18(2,3)15/h4H,1,5-13H2,2-3H3. The predicted octanol–water partition coefficient (Wildman–Crippen LogP) is 4.62. The lowest BCUT2D eigenvalue weighted by Gasteiger charge is -2.09. The van der Waals surface area contributed by atoms with Crippen molar-refractivity contribution in [3.05, 3.63) is 12.7 Å². The van der Waals surface area contributed by atoms with Gasteiger partial charge in [-0.05, 0) is 25.6 Å². The Morgan fingerprint density at radius 1 is 1.11 bits per heavy atom. The van der Waals surface area contributed by atoms with Crippen LogP contribution in [0.25, 0.3) is 0 Å². The van der Waals surface area contributed by atoms with Crippen LogP contribution in [0.1, 0.15) is 44.9 Å². The minimum atomic E-state index is -2.31. The third-order valence-electron chi connectivity index (χ3n) is 2.83. The maximum Gasteiger partial charge on any atom is 0.330 e. The van der Waals surface area contributed by atoms with E-state index < -0.39 is 8.41 Å². The summed E-state index contributed by atoms with van der Waals surface area (Å²) in [5.41, 5.74) is 0. The van der Waals surface area contributed by atoms with Crippen LogP contribution < -0.4 is 0 Å². The number of esters is 1. The zero-order chi connectivity index (χ0) is 13.9. The van der Waals surface area contributed by atoms with E-state index >= 15 is 0 Å². The van der Waals surface area contributed by atoms with Gasteiger partial charge in [-0.15, -0.1) is 0 Å². The second kappa shape index (κ2) is 10.3. The number of halogens is 1. The first-order valence-electron chi connectivity index (χ1n) is 6.94. The van der Waals surface area contributed by atoms with E-state index in [2.05, 4.69) is 6.58 Å². The van der Waals surface area contributed by atoms with Gasteiger partial charge in [-0.2, -0.15) is 0 Å². The molecular weight excluding hydrogens is 247 g/mol. The summed E-state index contributed by atoms with van der Waals surface area (Å²) >= 11 is 0. The Morgan fingerprint density at radius 3 is 2.11 bits per heavy atom. The highest BCUT2D eigenvalue weighted by molar-refractivity contribution is 6.70. The second-order valence-corrected chi connectivity index (χ2v) is 9.25. The van der Waals surface area contributed by atoms with E-state index in [0.717, 1.165) is 31.7 Å². The van der Waals surface area contributed by atoms with Crippen molar-refractivity contribution in [3.8, 4) is 0 Å². The fourth-order valence-electron chi connectivity index (χ4n) is 1.76. The monoisotopic (exact) mass is 274 g/mol. The fraction of sp³-hybridized carbons (Fsp3) is 0.786. The lowest BCUT2D eigenvalue weighted by molar-refractivity contribution is -0.137. The van der Waals surface area contributed by atoms with Crippen molar-refractivity contribution in [2.45, 2.75) is 64.1 Å². The molecule has 4 heteroatoms. The smallest absolute Gasteiger partial charge is 0.330 e. The molecule has 0 aromatic carbocycles. The Balaban J connectivity index is 3.12. The van der Waals surface area contributed by atoms with Crippen molar-refractivity contribution in [1.82, 2.24) is 0 Å². The minimum Gasteiger partial charge on any atom is -0.463 e. The van der Waals surface area contributed by atoms with E-state index in [9.17, 15) is 8.90 Å². The minimum absolute atomic E-state index is 0.340. The second-order valence-electron chi connectivity index (χ2n) is 5.32. The first-order chi connectivity index (χ1) is 8.45. The van der Waals surface area contributed by atoms with Crippen LogP contribution in [0, 0.1) is 0 Å². The number of carbonyl (C=O) groups excluding carboxylic acids is 1. The summed E-state index contributed by atoms with van der Waals surface area (Å²) in [5.74, 6) is -0.340. The van der Waals surface area contributed by atoms with Gasteiger partial charge in [-0.3, -0.25) is 0 Å². The highest BCUT2D eigenvalue weighted by Crippen LogP contribution is 2.16. The Bertz CT molecular complexity index is 236. The van der Waals surface area contributed by atoms with Gasteiger partial charge in [0.25, 0.3) is 0 Å². The van der Waals surface area contributed by atoms with Gasteiger partial charge < -0.3 is 8.84 Å². The summed E-state index contributed by atoms with van der Waals surface area (Å²) in [5, 5.41) is 0. The Labute approximate surface area is 112 Å². The highest BCUT2D eigenvalue weighted by atomic mass is 28.4. The molecule has 0 saturated heterocycles. The molecule has 0 aliphatic heterocycles. The van der Waals surface area contributed by atoms with Crippen molar-refractivity contribution in [2.24, 2.45) is 0 Å². The van der Waals surface area contributed by atoms with E-state index in [0.29, 0.717) is 6.61 Å². The van der Waals surface area contributed by atoms with E-state index in [1.165, 1.54) is 25.3 Å². The fourth-order valence-corrected chi connectivity index (χ4v) is 2.85. The molecule has 0 unspecified atom stereocenters. The third-order valence-corrected chi connectivity index (χ3v) is 4.37. The molecule has 0 fully saturated rings. The van der Waals surface area contributed by atoms with Crippen molar-refractivity contribution in [3.63, 3.8) is 0 Å². The van der Waals surface area contributed by atoms with Crippen molar-refractivity contribution >= 4 is 14.4 Å². The lowest BCUT2D eigenvalue weighted by Crippen LogP contribution is -2.16. The molecule has 0 aromatic rings. The molecule has 0 rings (SSSR count). The summed E-state index contributed by atoms with van der Waals surface area (Å²) in [6, 6.07) is 0.796. The lowest BCUT2D eigenvalue weighted by atomic mass is 10.1. The normalized spacial score (nSPS) is 11.3. The molecule has 0 atom stereocenters. The van der Waals surface area contributed by atoms with Gasteiger partial charge >= 0.3 is 5.97 Å². The molecule has 18 heavy (non-hydrogen) atoms. The average molecular weight is 274 g/mol. The predicted molar refractivity (Wildman–Crippen MR) is 76.9 cm³/mol. The van der Waals surface area contributed by atoms with Crippen LogP contribution in [0.15, 0.2) is 12.7 Å². The maximum atomic E-state index is 13.3. The first kappa shape index (κ1) is 17.4. The van der Waals surface area contributed by atoms with Gasteiger partial charge in [0.1, 0.15) is 0 Å². The van der Waals surface area contributed by atoms with Crippen molar-refractivity contribution in [2.75, 3.05) is 6.61 Å². The van der Waals surface area contributed by atoms with E-state index in [1.54, 1.807) is 13.1 Å². The molecule has 0 N–H and O–H groups in total. The molecular formula is C14H27FO2Si. The van der Waals surface area contributed by atoms with Gasteiger partial charge in [-0.25, -0.2) is 4.79 Å². The highest BCUT2D eigenvalue weighted by Gasteiger charge is 2.18. The molecule has 0 bridgehead atoms. The van der Waals surface area contributed by atoms with Crippen molar-refractivity contribution < 1.29 is 13.6 Å². The van der Waals surface area contributed by atoms with Gasteiger partial charge in [-0.1, -0.05) is 45.1 Å². The first-order valence-corrected chi connectivity index (χ1v) is 10.0. The van der Waals surface area contributed by atoms with E-state index in [1.807, 2.05) is 0 Å². The maximum absolute atomic E-state index is 13.3. The quantitative estimate of drug-likeness (QED) is 0.181. The average Bonchev–Trinajstić information content (AvgIpc) is 2.29. The van der Waals surface area contributed by atoms with Crippen LogP contribution in [-0.4, -0.2) is 21.0 Å². The summed E-state index contributed by atoms with van der Waals surface area (Å²) in [4.78, 5) is 10.7. The van der Waals surface area contributed by atoms with E-state index in [4.69, 9.17) is 4.74 Å². The SMILES string of the molecule is C=CC(=O)OCCCCCCCCC[Si](C)(C)F. The Morgan fingerprint density at radius 2 is 1.61 bits per heavy atom. The molecule has 0 aromatic heterocycles. The van der Waals surface area contributed by atoms with Crippen LogP contribution in [0.3, 0.4) is 0 Å². The summed E-state index contributed by atoms with van der Waals surface area (Å²) < 4.78 is 18.2. The van der Waals surface area contributed by atoms with Crippen LogP contribution in [0.4, 0.5) is 4.11 Å². The molecule has 106 valence electrons. The zero-order valence-electron chi connectivity index (χ0n) is 11.8. The topological polar surface area (TPSA) is 26.3 Å². The summed E-state index contributed by atoms with van der Waals surface area (Å²) in [6.07, 6.45) is 8.94. The number of ether oxygens (including phenoxy) is 1. The van der Waals surface area contributed by atoms with Crippen LogP contribution in [-0.2, 0) is 9.53 Å². The van der Waals surface area contributed by atoms with Crippen LogP contribution >= 0.6 is 0 Å². The zero-order valence-corrected chi connectivity index (χ0v) is 12.8.